The molecule has 7 nitrogen and oxygen atoms in total. The van der Waals surface area contributed by atoms with E-state index in [0.717, 1.165) is 10.1 Å². The van der Waals surface area contributed by atoms with Crippen molar-refractivity contribution < 1.29 is 19.1 Å². The van der Waals surface area contributed by atoms with Gasteiger partial charge in [-0.1, -0.05) is 18.2 Å². The molecule has 1 aromatic carbocycles. The number of primary amides is 1. The van der Waals surface area contributed by atoms with Crippen LogP contribution in [-0.2, 0) is 16.1 Å². The van der Waals surface area contributed by atoms with Crippen LogP contribution >= 0.6 is 11.3 Å². The van der Waals surface area contributed by atoms with Gasteiger partial charge in [-0.2, -0.15) is 0 Å². The molecule has 2 rings (SSSR count). The van der Waals surface area contributed by atoms with Gasteiger partial charge < -0.3 is 21.1 Å². The van der Waals surface area contributed by atoms with Crippen LogP contribution in [0.4, 0.5) is 4.79 Å². The Morgan fingerprint density at radius 1 is 1.30 bits per heavy atom. The predicted molar refractivity (Wildman–Crippen MR) is 87.2 cm³/mol. The predicted octanol–water partition coefficient (Wildman–Crippen LogP) is 1.36. The number of urea groups is 1. The molecular weight excluding hydrogens is 318 g/mol. The summed E-state index contributed by atoms with van der Waals surface area (Å²) >= 11 is 1.31. The lowest BCUT2D eigenvalue weighted by Crippen LogP contribution is -2.46. The average Bonchev–Trinajstić information content (AvgIpc) is 2.89. The van der Waals surface area contributed by atoms with E-state index >= 15 is 0 Å². The van der Waals surface area contributed by atoms with E-state index in [2.05, 4.69) is 10.6 Å². The highest BCUT2D eigenvalue weighted by molar-refractivity contribution is 7.21. The number of nitrogens with two attached hydrogens (primary N) is 1. The zero-order valence-corrected chi connectivity index (χ0v) is 13.5. The number of carbonyl (C=O) groups excluding carboxylic acids is 3. The molecule has 0 saturated carbocycles. The van der Waals surface area contributed by atoms with E-state index in [0.29, 0.717) is 10.4 Å². The monoisotopic (exact) mass is 335 g/mol. The molecule has 4 N–H and O–H groups in total. The molecule has 0 fully saturated rings. The lowest BCUT2D eigenvalue weighted by Gasteiger charge is -2.12. The SMILES string of the molecule is COC(=O)c1sc2ccccc2c1CNC(=O)C(C)NC(N)=O. The third-order valence-corrected chi connectivity index (χ3v) is 4.45. The lowest BCUT2D eigenvalue weighted by atomic mass is 10.1. The first-order valence-corrected chi connectivity index (χ1v) is 7.68. The van der Waals surface area contributed by atoms with Crippen molar-refractivity contribution >= 4 is 39.3 Å². The van der Waals surface area contributed by atoms with Gasteiger partial charge in [0.2, 0.25) is 5.91 Å². The first-order valence-electron chi connectivity index (χ1n) is 6.86. The van der Waals surface area contributed by atoms with Gasteiger partial charge in [0.25, 0.3) is 0 Å². The van der Waals surface area contributed by atoms with E-state index in [9.17, 15) is 14.4 Å². The van der Waals surface area contributed by atoms with E-state index < -0.39 is 23.9 Å². The molecule has 0 saturated heterocycles. The molecule has 0 aliphatic heterocycles. The van der Waals surface area contributed by atoms with Crippen molar-refractivity contribution in [3.63, 3.8) is 0 Å². The Kier molecular flexibility index (Phi) is 5.17. The number of amides is 3. The van der Waals surface area contributed by atoms with Crippen LogP contribution in [-0.4, -0.2) is 31.1 Å². The summed E-state index contributed by atoms with van der Waals surface area (Å²) in [4.78, 5) is 35.1. The standard InChI is InChI=1S/C15H17N3O4S/c1-8(18-15(16)21)13(19)17-7-10-9-5-3-4-6-11(9)23-12(10)14(20)22-2/h3-6,8H,7H2,1-2H3,(H,17,19)(H3,16,18,21). The van der Waals surface area contributed by atoms with Gasteiger partial charge in [0.1, 0.15) is 10.9 Å². The third-order valence-electron chi connectivity index (χ3n) is 3.26. The Morgan fingerprint density at radius 2 is 2.00 bits per heavy atom. The number of carbonyl (C=O) groups is 3. The van der Waals surface area contributed by atoms with Crippen molar-refractivity contribution in [1.29, 1.82) is 0 Å². The minimum absolute atomic E-state index is 0.151. The van der Waals surface area contributed by atoms with E-state index in [1.54, 1.807) is 0 Å². The summed E-state index contributed by atoms with van der Waals surface area (Å²) in [7, 11) is 1.31. The summed E-state index contributed by atoms with van der Waals surface area (Å²) < 4.78 is 5.73. The Labute approximate surface area is 136 Å². The van der Waals surface area contributed by atoms with Crippen molar-refractivity contribution in [3.8, 4) is 0 Å². The van der Waals surface area contributed by atoms with Crippen molar-refractivity contribution in [3.05, 3.63) is 34.7 Å². The fourth-order valence-corrected chi connectivity index (χ4v) is 3.28. The minimum Gasteiger partial charge on any atom is -0.465 e. The van der Waals surface area contributed by atoms with Gasteiger partial charge in [-0.3, -0.25) is 4.79 Å². The van der Waals surface area contributed by atoms with Crippen LogP contribution < -0.4 is 16.4 Å². The van der Waals surface area contributed by atoms with Crippen LogP contribution in [0.5, 0.6) is 0 Å². The molecule has 8 heteroatoms. The number of nitrogens with one attached hydrogen (secondary N) is 2. The fraction of sp³-hybridized carbons (Fsp3) is 0.267. The maximum Gasteiger partial charge on any atom is 0.348 e. The third kappa shape index (κ3) is 3.78. The Morgan fingerprint density at radius 3 is 2.65 bits per heavy atom. The van der Waals surface area contributed by atoms with Crippen LogP contribution in [0.1, 0.15) is 22.2 Å². The zero-order chi connectivity index (χ0) is 17.0. The van der Waals surface area contributed by atoms with Gasteiger partial charge in [0, 0.05) is 16.8 Å². The molecule has 1 heterocycles. The highest BCUT2D eigenvalue weighted by atomic mass is 32.1. The van der Waals surface area contributed by atoms with Gasteiger partial charge in [0.15, 0.2) is 0 Å². The quantitative estimate of drug-likeness (QED) is 0.716. The van der Waals surface area contributed by atoms with Gasteiger partial charge in [-0.05, 0) is 18.4 Å². The second kappa shape index (κ2) is 7.10. The lowest BCUT2D eigenvalue weighted by molar-refractivity contribution is -0.122. The Balaban J connectivity index is 2.23. The number of esters is 1. The average molecular weight is 335 g/mol. The van der Waals surface area contributed by atoms with Crippen LogP contribution in [0.15, 0.2) is 24.3 Å². The topological polar surface area (TPSA) is 111 Å². The van der Waals surface area contributed by atoms with E-state index in [4.69, 9.17) is 10.5 Å². The van der Waals surface area contributed by atoms with Crippen LogP contribution in [0, 0.1) is 0 Å². The van der Waals surface area contributed by atoms with E-state index in [1.807, 2.05) is 24.3 Å². The zero-order valence-electron chi connectivity index (χ0n) is 12.7. The largest absolute Gasteiger partial charge is 0.465 e. The molecule has 0 aliphatic rings. The highest BCUT2D eigenvalue weighted by Gasteiger charge is 2.20. The summed E-state index contributed by atoms with van der Waals surface area (Å²) in [6, 6.07) is 5.97. The summed E-state index contributed by atoms with van der Waals surface area (Å²) in [5.74, 6) is -0.839. The number of fused-ring (bicyclic) bond motifs is 1. The number of benzene rings is 1. The van der Waals surface area contributed by atoms with Crippen molar-refractivity contribution in [2.24, 2.45) is 5.73 Å². The highest BCUT2D eigenvalue weighted by Crippen LogP contribution is 2.31. The Bertz CT molecular complexity index is 756. The summed E-state index contributed by atoms with van der Waals surface area (Å²) in [5.41, 5.74) is 5.68. The molecule has 0 aliphatic carbocycles. The number of ether oxygens (including phenoxy) is 1. The smallest absolute Gasteiger partial charge is 0.348 e. The second-order valence-corrected chi connectivity index (χ2v) is 5.90. The van der Waals surface area contributed by atoms with Gasteiger partial charge in [-0.25, -0.2) is 9.59 Å². The van der Waals surface area contributed by atoms with Crippen molar-refractivity contribution in [2.45, 2.75) is 19.5 Å². The molecule has 3 amide bonds. The maximum absolute atomic E-state index is 12.0. The van der Waals surface area contributed by atoms with Gasteiger partial charge in [0.05, 0.1) is 7.11 Å². The van der Waals surface area contributed by atoms with Gasteiger partial charge >= 0.3 is 12.0 Å². The number of hydrogen-bond acceptors (Lipinski definition) is 5. The van der Waals surface area contributed by atoms with Crippen LogP contribution in [0.25, 0.3) is 10.1 Å². The van der Waals surface area contributed by atoms with Crippen molar-refractivity contribution in [1.82, 2.24) is 10.6 Å². The molecule has 0 radical (unpaired) electrons. The number of hydrogen-bond donors (Lipinski definition) is 3. The van der Waals surface area contributed by atoms with Gasteiger partial charge in [-0.15, -0.1) is 11.3 Å². The molecule has 23 heavy (non-hydrogen) atoms. The summed E-state index contributed by atoms with van der Waals surface area (Å²) in [6.07, 6.45) is 0. The molecular formula is C15H17N3O4S. The maximum atomic E-state index is 12.0. The molecule has 0 spiro atoms. The molecule has 122 valence electrons. The Hall–Kier alpha value is -2.61. The van der Waals surface area contributed by atoms with Crippen LogP contribution in [0.3, 0.4) is 0 Å². The first kappa shape index (κ1) is 16.8. The fourth-order valence-electron chi connectivity index (χ4n) is 2.14. The molecule has 0 bridgehead atoms. The normalized spacial score (nSPS) is 11.7. The summed E-state index contributed by atoms with van der Waals surface area (Å²) in [6.45, 7) is 1.67. The van der Waals surface area contributed by atoms with Crippen LogP contribution in [0.2, 0.25) is 0 Å². The molecule has 2 aromatic rings. The number of rotatable bonds is 5. The second-order valence-electron chi connectivity index (χ2n) is 4.85. The molecule has 1 atom stereocenters. The van der Waals surface area contributed by atoms with E-state index in [1.165, 1.54) is 25.4 Å². The number of methoxy groups -OCH3 is 1. The first-order chi connectivity index (χ1) is 10.9. The summed E-state index contributed by atoms with van der Waals surface area (Å²) in [5, 5.41) is 5.87. The number of thiophene rings is 1. The molecule has 1 aromatic heterocycles. The van der Waals surface area contributed by atoms with E-state index in [-0.39, 0.29) is 6.54 Å². The minimum atomic E-state index is -0.774. The molecule has 1 unspecified atom stereocenters. The van der Waals surface area contributed by atoms with Crippen molar-refractivity contribution in [2.75, 3.05) is 7.11 Å².